The van der Waals surface area contributed by atoms with E-state index in [9.17, 15) is 19.6 Å². The maximum Gasteiger partial charge on any atom is 0.248 e. The number of carbonyl (C=O) groups is 3. The van der Waals surface area contributed by atoms with Crippen molar-refractivity contribution >= 4 is 17.7 Å². The molecule has 3 saturated heterocycles. The number of piperidine rings is 1. The summed E-state index contributed by atoms with van der Waals surface area (Å²) in [5, 5.41) is 9.43. The van der Waals surface area contributed by atoms with Crippen molar-refractivity contribution < 1.29 is 14.4 Å². The van der Waals surface area contributed by atoms with Crippen molar-refractivity contribution in [3.05, 3.63) is 34.9 Å². The van der Waals surface area contributed by atoms with Crippen LogP contribution in [0.1, 0.15) is 60.1 Å². The second-order valence-electron chi connectivity index (χ2n) is 10.5. The second kappa shape index (κ2) is 7.29. The SMILES string of the molecule is C[C@@H](CN1C[C@H]2C[C@@H]1C(=O)N2[C@H]1CCc2cc(C(N)=O)ccc21)C(=O)N1C2C[C@H]2C[C@H]1C#N. The number of piperazine rings is 1. The van der Waals surface area contributed by atoms with Gasteiger partial charge in [-0.3, -0.25) is 19.3 Å². The Morgan fingerprint density at radius 2 is 2.06 bits per heavy atom. The summed E-state index contributed by atoms with van der Waals surface area (Å²) in [4.78, 5) is 44.1. The van der Waals surface area contributed by atoms with Gasteiger partial charge in [-0.15, -0.1) is 0 Å². The number of hydrogen-bond donors (Lipinski definition) is 1. The Labute approximate surface area is 193 Å². The smallest absolute Gasteiger partial charge is 0.248 e. The van der Waals surface area contributed by atoms with Crippen molar-refractivity contribution in [1.82, 2.24) is 14.7 Å². The summed E-state index contributed by atoms with van der Waals surface area (Å²) >= 11 is 0. The third kappa shape index (κ3) is 3.09. The molecule has 0 aromatic heterocycles. The maximum atomic E-state index is 13.4. The third-order valence-corrected chi connectivity index (χ3v) is 8.56. The number of aryl methyl sites for hydroxylation is 1. The second-order valence-corrected chi connectivity index (χ2v) is 10.5. The van der Waals surface area contributed by atoms with Gasteiger partial charge in [0.2, 0.25) is 17.7 Å². The van der Waals surface area contributed by atoms with Crippen molar-refractivity contribution in [2.24, 2.45) is 17.6 Å². The zero-order valence-corrected chi connectivity index (χ0v) is 18.8. The molecule has 0 spiro atoms. The number of nitrogens with zero attached hydrogens (tertiary/aromatic N) is 4. The Morgan fingerprint density at radius 3 is 2.79 bits per heavy atom. The summed E-state index contributed by atoms with van der Waals surface area (Å²) in [5.41, 5.74) is 8.18. The molecule has 8 nitrogen and oxygen atoms in total. The molecule has 1 aromatic rings. The topological polar surface area (TPSA) is 111 Å². The van der Waals surface area contributed by atoms with Gasteiger partial charge in [0.1, 0.15) is 6.04 Å². The van der Waals surface area contributed by atoms with Gasteiger partial charge in [0.05, 0.1) is 18.2 Å². The molecule has 2 aliphatic carbocycles. The number of amides is 3. The lowest BCUT2D eigenvalue weighted by atomic mass is 10.0. The normalized spacial score (nSPS) is 34.8. The first kappa shape index (κ1) is 20.7. The Hall–Kier alpha value is -2.92. The maximum absolute atomic E-state index is 13.4. The molecule has 8 heteroatoms. The lowest BCUT2D eigenvalue weighted by Crippen LogP contribution is -2.53. The fraction of sp³-hybridized carbons (Fsp3) is 0.600. The molecule has 7 atom stereocenters. The summed E-state index contributed by atoms with van der Waals surface area (Å²) in [7, 11) is 0. The molecule has 1 aromatic carbocycles. The molecule has 1 unspecified atom stereocenters. The minimum atomic E-state index is -0.427. The molecule has 3 heterocycles. The van der Waals surface area contributed by atoms with Gasteiger partial charge in [-0.2, -0.15) is 5.26 Å². The van der Waals surface area contributed by atoms with Crippen LogP contribution in [-0.4, -0.2) is 69.7 Å². The zero-order chi connectivity index (χ0) is 23.0. The summed E-state index contributed by atoms with van der Waals surface area (Å²) < 4.78 is 0. The van der Waals surface area contributed by atoms with Gasteiger partial charge in [-0.05, 0) is 61.3 Å². The van der Waals surface area contributed by atoms with Crippen molar-refractivity contribution in [3.8, 4) is 6.07 Å². The van der Waals surface area contributed by atoms with Crippen molar-refractivity contribution in [1.29, 1.82) is 5.26 Å². The van der Waals surface area contributed by atoms with E-state index in [-0.39, 0.29) is 47.9 Å². The highest BCUT2D eigenvalue weighted by Gasteiger charge is 2.56. The van der Waals surface area contributed by atoms with Gasteiger partial charge in [0.25, 0.3) is 0 Å². The summed E-state index contributed by atoms with van der Waals surface area (Å²) in [6.45, 7) is 3.28. The molecule has 172 valence electrons. The molecule has 1 saturated carbocycles. The predicted molar refractivity (Wildman–Crippen MR) is 119 cm³/mol. The van der Waals surface area contributed by atoms with Crippen LogP contribution < -0.4 is 5.73 Å². The Morgan fingerprint density at radius 1 is 1.24 bits per heavy atom. The molecule has 0 radical (unpaired) electrons. The molecular formula is C25H29N5O3. The minimum Gasteiger partial charge on any atom is -0.366 e. The number of benzene rings is 1. The van der Waals surface area contributed by atoms with E-state index < -0.39 is 5.91 Å². The Bertz CT molecular complexity index is 1100. The van der Waals surface area contributed by atoms with Gasteiger partial charge < -0.3 is 15.5 Å². The monoisotopic (exact) mass is 447 g/mol. The van der Waals surface area contributed by atoms with E-state index in [1.165, 1.54) is 0 Å². The van der Waals surface area contributed by atoms with E-state index in [4.69, 9.17) is 5.73 Å². The van der Waals surface area contributed by atoms with Gasteiger partial charge in [0, 0.05) is 36.7 Å². The van der Waals surface area contributed by atoms with Crippen molar-refractivity contribution in [2.75, 3.05) is 13.1 Å². The number of carbonyl (C=O) groups excluding carboxylic acids is 3. The lowest BCUT2D eigenvalue weighted by Gasteiger charge is -2.39. The number of nitriles is 1. The highest BCUT2D eigenvalue weighted by Crippen LogP contribution is 2.48. The average Bonchev–Trinajstić information content (AvgIpc) is 3.15. The van der Waals surface area contributed by atoms with Gasteiger partial charge in [-0.25, -0.2) is 0 Å². The van der Waals surface area contributed by atoms with Crippen LogP contribution in [0.2, 0.25) is 0 Å². The van der Waals surface area contributed by atoms with Crippen LogP contribution in [0.4, 0.5) is 0 Å². The molecule has 6 rings (SSSR count). The Balaban J connectivity index is 1.13. The molecule has 3 aliphatic heterocycles. The first-order valence-corrected chi connectivity index (χ1v) is 12.1. The molecule has 2 N–H and O–H groups in total. The highest BCUT2D eigenvalue weighted by atomic mass is 16.2. The van der Waals surface area contributed by atoms with Crippen LogP contribution in [0.5, 0.6) is 0 Å². The van der Waals surface area contributed by atoms with Crippen LogP contribution in [0, 0.1) is 23.2 Å². The van der Waals surface area contributed by atoms with E-state index in [0.29, 0.717) is 18.0 Å². The van der Waals surface area contributed by atoms with Crippen LogP contribution in [0.3, 0.4) is 0 Å². The van der Waals surface area contributed by atoms with Crippen molar-refractivity contribution in [2.45, 2.75) is 69.2 Å². The van der Waals surface area contributed by atoms with Crippen LogP contribution in [0.15, 0.2) is 18.2 Å². The van der Waals surface area contributed by atoms with Crippen LogP contribution >= 0.6 is 0 Å². The zero-order valence-electron chi connectivity index (χ0n) is 18.8. The lowest BCUT2D eigenvalue weighted by molar-refractivity contribution is -0.142. The molecule has 3 amide bonds. The number of fused-ring (bicyclic) bond motifs is 4. The number of rotatable bonds is 5. The van der Waals surface area contributed by atoms with Crippen LogP contribution in [0.25, 0.3) is 0 Å². The quantitative estimate of drug-likeness (QED) is 0.729. The fourth-order valence-electron chi connectivity index (χ4n) is 6.91. The summed E-state index contributed by atoms with van der Waals surface area (Å²) in [6.07, 6.45) is 4.36. The fourth-order valence-corrected chi connectivity index (χ4v) is 6.91. The summed E-state index contributed by atoms with van der Waals surface area (Å²) in [6, 6.07) is 7.90. The van der Waals surface area contributed by atoms with Crippen molar-refractivity contribution in [3.63, 3.8) is 0 Å². The summed E-state index contributed by atoms with van der Waals surface area (Å²) in [5.74, 6) is 0.0797. The molecule has 2 bridgehead atoms. The first-order valence-electron chi connectivity index (χ1n) is 12.1. The largest absolute Gasteiger partial charge is 0.366 e. The Kier molecular flexibility index (Phi) is 4.57. The molecule has 5 aliphatic rings. The minimum absolute atomic E-state index is 0.0541. The van der Waals surface area contributed by atoms with E-state index in [0.717, 1.165) is 49.8 Å². The highest BCUT2D eigenvalue weighted by molar-refractivity contribution is 5.93. The van der Waals surface area contributed by atoms with E-state index in [1.54, 1.807) is 6.07 Å². The molecule has 33 heavy (non-hydrogen) atoms. The first-order chi connectivity index (χ1) is 15.9. The molecule has 4 fully saturated rings. The number of hydrogen-bond acceptors (Lipinski definition) is 5. The van der Waals surface area contributed by atoms with Gasteiger partial charge in [0.15, 0.2) is 0 Å². The third-order valence-electron chi connectivity index (χ3n) is 8.56. The van der Waals surface area contributed by atoms with E-state index >= 15 is 0 Å². The number of likely N-dealkylation sites (tertiary alicyclic amines) is 3. The van der Waals surface area contributed by atoms with E-state index in [1.807, 2.05) is 24.0 Å². The van der Waals surface area contributed by atoms with Gasteiger partial charge >= 0.3 is 0 Å². The van der Waals surface area contributed by atoms with E-state index in [2.05, 4.69) is 15.9 Å². The average molecular weight is 448 g/mol. The van der Waals surface area contributed by atoms with Crippen LogP contribution in [-0.2, 0) is 16.0 Å². The number of nitrogens with two attached hydrogens (primary N) is 1. The van der Waals surface area contributed by atoms with Gasteiger partial charge in [-0.1, -0.05) is 13.0 Å². The number of primary amides is 1. The standard InChI is InChI=1S/C25H29N5O3/c1-13(24(32)29-17(10-26)7-16-8-21(16)29)11-28-12-18-9-22(28)25(33)30(18)20-5-3-14-6-15(23(27)31)2-4-19(14)20/h2,4,6,13,16-18,20-22H,3,5,7-9,11-12H2,1H3,(H2,27,31)/t13-,16+,17-,18+,20-,21?,22+/m0/s1. The predicted octanol–water partition coefficient (Wildman–Crippen LogP) is 1.21. The molecular weight excluding hydrogens is 418 g/mol.